The van der Waals surface area contributed by atoms with Crippen LogP contribution in [0.2, 0.25) is 0 Å². The minimum atomic E-state index is -0.398. The summed E-state index contributed by atoms with van der Waals surface area (Å²) in [6.07, 6.45) is 0.436. The summed E-state index contributed by atoms with van der Waals surface area (Å²) in [5.41, 5.74) is 2.17. The molecule has 0 spiro atoms. The van der Waals surface area contributed by atoms with E-state index in [0.717, 1.165) is 11.3 Å². The van der Waals surface area contributed by atoms with Crippen molar-refractivity contribution in [1.29, 1.82) is 0 Å². The van der Waals surface area contributed by atoms with Crippen molar-refractivity contribution >= 4 is 30.2 Å². The lowest BCUT2D eigenvalue weighted by atomic mass is 10.1. The van der Waals surface area contributed by atoms with Gasteiger partial charge in [-0.25, -0.2) is 4.79 Å². The smallest absolute Gasteiger partial charge is 0.337 e. The van der Waals surface area contributed by atoms with Gasteiger partial charge in [-0.2, -0.15) is 12.6 Å². The number of nitrogens with zero attached hydrogens (tertiary/aromatic N) is 1. The van der Waals surface area contributed by atoms with E-state index >= 15 is 0 Å². The van der Waals surface area contributed by atoms with Crippen LogP contribution in [0.4, 0.5) is 5.69 Å². The zero-order valence-corrected chi connectivity index (χ0v) is 11.2. The molecule has 2 rings (SSSR count). The lowest BCUT2D eigenvalue weighted by Crippen LogP contribution is -2.25. The molecule has 1 aromatic carbocycles. The van der Waals surface area contributed by atoms with Crippen molar-refractivity contribution in [3.63, 3.8) is 0 Å². The molecule has 1 atom stereocenters. The van der Waals surface area contributed by atoms with Gasteiger partial charge in [0.05, 0.1) is 12.7 Å². The van der Waals surface area contributed by atoms with Crippen molar-refractivity contribution in [2.75, 3.05) is 18.6 Å². The van der Waals surface area contributed by atoms with Crippen LogP contribution in [0.15, 0.2) is 18.2 Å². The maximum atomic E-state index is 11.8. The first-order valence-corrected chi connectivity index (χ1v) is 6.22. The van der Waals surface area contributed by atoms with Crippen LogP contribution in [0.3, 0.4) is 0 Å². The average molecular weight is 265 g/mol. The van der Waals surface area contributed by atoms with E-state index in [1.807, 2.05) is 13.0 Å². The number of carbonyl (C=O) groups excluding carboxylic acids is 2. The van der Waals surface area contributed by atoms with Gasteiger partial charge in [-0.15, -0.1) is 0 Å². The molecule has 0 bridgehead atoms. The Balaban J connectivity index is 2.38. The maximum Gasteiger partial charge on any atom is 0.337 e. The van der Waals surface area contributed by atoms with Crippen LogP contribution in [-0.2, 0) is 9.53 Å². The molecule has 0 radical (unpaired) electrons. The van der Waals surface area contributed by atoms with Gasteiger partial charge in [0.25, 0.3) is 0 Å². The third kappa shape index (κ3) is 2.36. The lowest BCUT2D eigenvalue weighted by Gasteiger charge is -2.19. The molecule has 1 aliphatic heterocycles. The summed E-state index contributed by atoms with van der Waals surface area (Å²) < 4.78 is 4.68. The molecule has 4 nitrogen and oxygen atoms in total. The Morgan fingerprint density at radius 3 is 2.78 bits per heavy atom. The Hall–Kier alpha value is -1.49. The molecule has 18 heavy (non-hydrogen) atoms. The Bertz CT molecular complexity index is 501. The lowest BCUT2D eigenvalue weighted by molar-refractivity contribution is -0.117. The molecule has 96 valence electrons. The molecular weight excluding hydrogens is 250 g/mol. The Morgan fingerprint density at radius 1 is 1.50 bits per heavy atom. The summed E-state index contributed by atoms with van der Waals surface area (Å²) in [6, 6.07) is 5.22. The molecule has 1 heterocycles. The van der Waals surface area contributed by atoms with Crippen molar-refractivity contribution < 1.29 is 14.3 Å². The number of thiol groups is 1. The Kier molecular flexibility index (Phi) is 3.61. The number of rotatable bonds is 2. The Labute approximate surface area is 111 Å². The summed E-state index contributed by atoms with van der Waals surface area (Å²) in [5.74, 6) is -0.356. The fourth-order valence-electron chi connectivity index (χ4n) is 2.07. The summed E-state index contributed by atoms with van der Waals surface area (Å²) in [5, 5.41) is 0.0543. The van der Waals surface area contributed by atoms with Gasteiger partial charge < -0.3 is 9.64 Å². The van der Waals surface area contributed by atoms with Crippen molar-refractivity contribution in [3.8, 4) is 0 Å². The summed E-state index contributed by atoms with van der Waals surface area (Å²) in [6.45, 7) is 2.49. The molecule has 0 N–H and O–H groups in total. The highest BCUT2D eigenvalue weighted by molar-refractivity contribution is 7.81. The second-order valence-electron chi connectivity index (χ2n) is 4.36. The largest absolute Gasteiger partial charge is 0.465 e. The van der Waals surface area contributed by atoms with Crippen LogP contribution >= 0.6 is 12.6 Å². The van der Waals surface area contributed by atoms with Crippen LogP contribution in [0, 0.1) is 6.92 Å². The number of ether oxygens (including phenoxy) is 1. The van der Waals surface area contributed by atoms with Crippen LogP contribution < -0.4 is 4.90 Å². The number of hydrogen-bond acceptors (Lipinski definition) is 4. The number of esters is 1. The second kappa shape index (κ2) is 5.02. The van der Waals surface area contributed by atoms with Crippen LogP contribution in [0.5, 0.6) is 0 Å². The SMILES string of the molecule is COC(=O)c1ccc(C)c(N2CC(S)CC2=O)c1. The van der Waals surface area contributed by atoms with Crippen molar-refractivity contribution in [2.24, 2.45) is 0 Å². The molecule has 0 aliphatic carbocycles. The molecule has 1 fully saturated rings. The van der Waals surface area contributed by atoms with Crippen molar-refractivity contribution in [3.05, 3.63) is 29.3 Å². The number of benzene rings is 1. The summed E-state index contributed by atoms with van der Waals surface area (Å²) >= 11 is 4.33. The normalized spacial score (nSPS) is 19.2. The van der Waals surface area contributed by atoms with Crippen molar-refractivity contribution in [1.82, 2.24) is 0 Å². The average Bonchev–Trinajstić information content (AvgIpc) is 2.68. The fraction of sp³-hybridized carbons (Fsp3) is 0.385. The molecule has 1 amide bonds. The molecule has 5 heteroatoms. The topological polar surface area (TPSA) is 46.6 Å². The number of anilines is 1. The van der Waals surface area contributed by atoms with E-state index in [9.17, 15) is 9.59 Å². The highest BCUT2D eigenvalue weighted by atomic mass is 32.1. The Morgan fingerprint density at radius 2 is 2.22 bits per heavy atom. The molecule has 1 aliphatic rings. The van der Waals surface area contributed by atoms with Gasteiger partial charge in [0, 0.05) is 23.9 Å². The highest BCUT2D eigenvalue weighted by Crippen LogP contribution is 2.28. The maximum absolute atomic E-state index is 11.8. The summed E-state index contributed by atoms with van der Waals surface area (Å²) in [4.78, 5) is 25.0. The molecule has 0 aromatic heterocycles. The standard InChI is InChI=1S/C13H15NO3S/c1-8-3-4-9(13(16)17-2)5-11(8)14-7-10(18)6-12(14)15/h3-5,10,18H,6-7H2,1-2H3. The predicted octanol–water partition coefficient (Wildman–Crippen LogP) is 1.82. The quantitative estimate of drug-likeness (QED) is 0.655. The minimum Gasteiger partial charge on any atom is -0.465 e. The fourth-order valence-corrected chi connectivity index (χ4v) is 2.39. The molecule has 1 aromatic rings. The first-order valence-electron chi connectivity index (χ1n) is 5.70. The van der Waals surface area contributed by atoms with Gasteiger partial charge in [-0.05, 0) is 24.6 Å². The molecule has 1 unspecified atom stereocenters. The third-order valence-electron chi connectivity index (χ3n) is 3.03. The second-order valence-corrected chi connectivity index (χ2v) is 5.09. The predicted molar refractivity (Wildman–Crippen MR) is 72.3 cm³/mol. The third-order valence-corrected chi connectivity index (χ3v) is 3.37. The van der Waals surface area contributed by atoms with Gasteiger partial charge in [-0.1, -0.05) is 6.07 Å². The number of carbonyl (C=O) groups is 2. The first kappa shape index (κ1) is 13.0. The number of hydrogen-bond donors (Lipinski definition) is 1. The van der Waals surface area contributed by atoms with E-state index in [2.05, 4.69) is 17.4 Å². The van der Waals surface area contributed by atoms with Crippen molar-refractivity contribution in [2.45, 2.75) is 18.6 Å². The zero-order chi connectivity index (χ0) is 13.3. The van der Waals surface area contributed by atoms with E-state index in [1.54, 1.807) is 17.0 Å². The number of methoxy groups -OCH3 is 1. The van der Waals surface area contributed by atoms with Gasteiger partial charge in [0.2, 0.25) is 5.91 Å². The van der Waals surface area contributed by atoms with Gasteiger partial charge in [-0.3, -0.25) is 4.79 Å². The monoisotopic (exact) mass is 265 g/mol. The van der Waals surface area contributed by atoms with E-state index in [0.29, 0.717) is 18.5 Å². The van der Waals surface area contributed by atoms with E-state index < -0.39 is 5.97 Å². The summed E-state index contributed by atoms with van der Waals surface area (Å²) in [7, 11) is 1.34. The number of aryl methyl sites for hydroxylation is 1. The molecule has 1 saturated heterocycles. The molecular formula is C13H15NO3S. The van der Waals surface area contributed by atoms with Gasteiger partial charge in [0.1, 0.15) is 0 Å². The molecule has 0 saturated carbocycles. The van der Waals surface area contributed by atoms with E-state index in [-0.39, 0.29) is 11.2 Å². The van der Waals surface area contributed by atoms with Crippen LogP contribution in [0.1, 0.15) is 22.3 Å². The zero-order valence-electron chi connectivity index (χ0n) is 10.3. The highest BCUT2D eigenvalue weighted by Gasteiger charge is 2.29. The van der Waals surface area contributed by atoms with Crippen LogP contribution in [0.25, 0.3) is 0 Å². The van der Waals surface area contributed by atoms with E-state index in [4.69, 9.17) is 0 Å². The van der Waals surface area contributed by atoms with Gasteiger partial charge >= 0.3 is 5.97 Å². The minimum absolute atomic E-state index is 0.0418. The van der Waals surface area contributed by atoms with Gasteiger partial charge in [0.15, 0.2) is 0 Å². The van der Waals surface area contributed by atoms with E-state index in [1.165, 1.54) is 7.11 Å². The first-order chi connectivity index (χ1) is 8.52. The number of amides is 1. The van der Waals surface area contributed by atoms with Crippen LogP contribution in [-0.4, -0.2) is 30.8 Å².